The van der Waals surface area contributed by atoms with Gasteiger partial charge in [0.2, 0.25) is 5.75 Å². The average Bonchev–Trinajstić information content (AvgIpc) is 2.56. The van der Waals surface area contributed by atoms with E-state index >= 15 is 0 Å². The topological polar surface area (TPSA) is 125 Å². The number of non-ortho nitro benzene ring substituents is 1. The van der Waals surface area contributed by atoms with Gasteiger partial charge in [-0.2, -0.15) is 0 Å². The first-order chi connectivity index (χ1) is 11.9. The van der Waals surface area contributed by atoms with Crippen LogP contribution in [0.3, 0.4) is 0 Å². The lowest BCUT2D eigenvalue weighted by molar-refractivity contribution is -0.394. The summed E-state index contributed by atoms with van der Waals surface area (Å²) in [7, 11) is 7.89. The van der Waals surface area contributed by atoms with Crippen molar-refractivity contribution in [3.05, 3.63) is 62.7 Å². The largest absolute Gasteiger partial charge is 0.417 e. The van der Waals surface area contributed by atoms with Crippen LogP contribution in [0.5, 0.6) is 5.75 Å². The third kappa shape index (κ3) is 5.24. The van der Waals surface area contributed by atoms with E-state index < -0.39 is 33.1 Å². The van der Waals surface area contributed by atoms with Crippen LogP contribution in [0.1, 0.15) is 0 Å². The Kier molecular flexibility index (Phi) is 6.44. The van der Waals surface area contributed by atoms with Gasteiger partial charge in [0.15, 0.2) is 0 Å². The van der Waals surface area contributed by atoms with Gasteiger partial charge in [-0.3, -0.25) is 25.5 Å². The van der Waals surface area contributed by atoms with Crippen LogP contribution in [-0.2, 0) is 0 Å². The number of rotatable bonds is 6. The zero-order valence-corrected chi connectivity index (χ0v) is 14.5. The van der Waals surface area contributed by atoms with Gasteiger partial charge in [0.05, 0.1) is 15.9 Å². The van der Waals surface area contributed by atoms with Crippen molar-refractivity contribution < 1.29 is 19.4 Å². The number of hydrogen-bond acceptors (Lipinski definition) is 8. The van der Waals surface area contributed by atoms with Gasteiger partial charge in [-0.25, -0.2) is 4.79 Å². The fraction of sp³-hybridized carbons (Fsp3) is 0. The number of hydrogen-bond donors (Lipinski definition) is 1. The maximum absolute atomic E-state index is 11.9. The van der Waals surface area contributed by atoms with Crippen LogP contribution in [0.15, 0.2) is 47.4 Å². The van der Waals surface area contributed by atoms with Gasteiger partial charge in [-0.1, -0.05) is 0 Å². The molecule has 1 amide bonds. The van der Waals surface area contributed by atoms with Crippen LogP contribution in [0.4, 0.5) is 21.9 Å². The van der Waals surface area contributed by atoms with E-state index in [9.17, 15) is 25.0 Å². The molecule has 2 rings (SSSR count). The Bertz CT molecular complexity index is 818. The molecule has 0 bridgehead atoms. The summed E-state index contributed by atoms with van der Waals surface area (Å²) in [5.41, 5.74) is -0.765. The molecule has 9 nitrogen and oxygen atoms in total. The van der Waals surface area contributed by atoms with E-state index in [1.807, 2.05) is 0 Å². The molecule has 0 saturated carbocycles. The van der Waals surface area contributed by atoms with Gasteiger partial charge < -0.3 is 4.74 Å². The predicted octanol–water partition coefficient (Wildman–Crippen LogP) is 5.01. The monoisotopic (exact) mass is 401 g/mol. The van der Waals surface area contributed by atoms with Crippen molar-refractivity contribution >= 4 is 54.6 Å². The Morgan fingerprint density at radius 1 is 1.08 bits per heavy atom. The van der Waals surface area contributed by atoms with E-state index in [-0.39, 0.29) is 0 Å². The fourth-order valence-corrected chi connectivity index (χ4v) is 3.25. The summed E-state index contributed by atoms with van der Waals surface area (Å²) in [5, 5.41) is 24.1. The lowest BCUT2D eigenvalue weighted by Crippen LogP contribution is -2.17. The van der Waals surface area contributed by atoms with Crippen molar-refractivity contribution in [1.29, 1.82) is 0 Å². The van der Waals surface area contributed by atoms with Crippen LogP contribution in [0.2, 0.25) is 0 Å². The minimum Gasteiger partial charge on any atom is -0.403 e. The Morgan fingerprint density at radius 3 is 2.32 bits per heavy atom. The molecule has 0 aliphatic rings. The fourth-order valence-electron chi connectivity index (χ4n) is 1.72. The third-order valence-electron chi connectivity index (χ3n) is 2.78. The summed E-state index contributed by atoms with van der Waals surface area (Å²) >= 11 is 0. The van der Waals surface area contributed by atoms with E-state index in [1.165, 1.54) is 10.8 Å². The molecule has 0 aliphatic carbocycles. The van der Waals surface area contributed by atoms with Crippen LogP contribution in [0.25, 0.3) is 0 Å². The highest BCUT2D eigenvalue weighted by Gasteiger charge is 2.22. The average molecular weight is 402 g/mol. The molecule has 0 saturated heterocycles. The first-order valence-electron chi connectivity index (χ1n) is 6.37. The molecule has 25 heavy (non-hydrogen) atoms. The molecule has 0 heterocycles. The molecule has 0 fully saturated rings. The minimum atomic E-state index is -0.968. The summed E-state index contributed by atoms with van der Waals surface area (Å²) in [5.74, 6) is -0.404. The number of nitrogens with zero attached hydrogens (tertiary/aromatic N) is 2. The van der Waals surface area contributed by atoms with Gasteiger partial charge in [-0.05, 0) is 51.8 Å². The quantitative estimate of drug-likeness (QED) is 0.406. The maximum Gasteiger partial charge on any atom is 0.417 e. The molecule has 2 aromatic carbocycles. The molecule has 0 spiro atoms. The number of nitro groups is 2. The van der Waals surface area contributed by atoms with Gasteiger partial charge in [0.1, 0.15) is 0 Å². The zero-order chi connectivity index (χ0) is 18.4. The number of halogens is 1. The van der Waals surface area contributed by atoms with Crippen LogP contribution < -0.4 is 10.1 Å². The number of amides is 1. The lowest BCUT2D eigenvalue weighted by Gasteiger charge is -2.07. The third-order valence-corrected chi connectivity index (χ3v) is 4.64. The first kappa shape index (κ1) is 18.8. The van der Waals surface area contributed by atoms with E-state index in [1.54, 1.807) is 24.3 Å². The Morgan fingerprint density at radius 2 is 1.76 bits per heavy atom. The lowest BCUT2D eigenvalue weighted by atomic mass is 10.2. The summed E-state index contributed by atoms with van der Waals surface area (Å²) in [6.07, 6.45) is -0.968. The highest BCUT2D eigenvalue weighted by atomic mass is 35.7. The second-order valence-corrected chi connectivity index (χ2v) is 7.13. The normalized spacial score (nSPS) is 10.1. The highest BCUT2D eigenvalue weighted by Crippen LogP contribution is 2.34. The number of nitrogens with one attached hydrogen (secondary N) is 1. The molecule has 0 aliphatic heterocycles. The van der Waals surface area contributed by atoms with Gasteiger partial charge in [0.25, 0.3) is 5.69 Å². The molecular weight excluding hydrogens is 394 g/mol. The maximum atomic E-state index is 11.9. The summed E-state index contributed by atoms with van der Waals surface area (Å²) < 4.78 is 4.88. The predicted molar refractivity (Wildman–Crippen MR) is 95.1 cm³/mol. The molecule has 0 atom stereocenters. The number of benzene rings is 2. The van der Waals surface area contributed by atoms with Gasteiger partial charge in [0, 0.05) is 26.7 Å². The Labute approximate surface area is 152 Å². The van der Waals surface area contributed by atoms with Crippen molar-refractivity contribution in [3.8, 4) is 5.75 Å². The second-order valence-electron chi connectivity index (χ2n) is 4.35. The van der Waals surface area contributed by atoms with Crippen molar-refractivity contribution in [2.45, 2.75) is 4.90 Å². The van der Waals surface area contributed by atoms with Gasteiger partial charge in [-0.15, -0.1) is 0 Å². The zero-order valence-electron chi connectivity index (χ0n) is 12.1. The molecular formula is C13H8ClN3O6S2. The van der Waals surface area contributed by atoms with Crippen molar-refractivity contribution in [3.63, 3.8) is 0 Å². The number of nitro benzene ring substituents is 2. The molecule has 130 valence electrons. The van der Waals surface area contributed by atoms with E-state index in [2.05, 4.69) is 5.32 Å². The summed E-state index contributed by atoms with van der Waals surface area (Å²) in [4.78, 5) is 32.7. The number of carbonyl (C=O) groups is 1. The number of ether oxygens (including phenoxy) is 1. The summed E-state index contributed by atoms with van der Waals surface area (Å²) in [6, 6.07) is 9.34. The van der Waals surface area contributed by atoms with Crippen LogP contribution in [0, 0.1) is 20.2 Å². The van der Waals surface area contributed by atoms with Crippen molar-refractivity contribution in [2.75, 3.05) is 5.32 Å². The van der Waals surface area contributed by atoms with Gasteiger partial charge >= 0.3 is 11.8 Å². The first-order valence-corrected chi connectivity index (χ1v) is 9.35. The SMILES string of the molecule is O=C(Nc1ccc(SSCl)cc1)Oc1ccc([N+](=O)[O-])cc1[N+](=O)[O-]. The smallest absolute Gasteiger partial charge is 0.403 e. The highest BCUT2D eigenvalue weighted by molar-refractivity contribution is 8.85. The number of carbonyl (C=O) groups excluding carboxylic acids is 1. The van der Waals surface area contributed by atoms with E-state index in [0.29, 0.717) is 5.69 Å². The molecule has 0 aromatic heterocycles. The molecule has 1 N–H and O–H groups in total. The molecule has 0 unspecified atom stereocenters. The minimum absolute atomic E-state index is 0.401. The van der Waals surface area contributed by atoms with Crippen LogP contribution >= 0.6 is 31.5 Å². The molecule has 2 aromatic rings. The molecule has 12 heteroatoms. The molecule has 0 radical (unpaired) electrons. The van der Waals surface area contributed by atoms with Crippen LogP contribution in [-0.4, -0.2) is 15.9 Å². The van der Waals surface area contributed by atoms with Crippen molar-refractivity contribution in [2.24, 2.45) is 0 Å². The standard InChI is InChI=1S/C13H8ClN3O6S2/c14-25-24-10-4-1-8(2-5-10)15-13(18)23-12-6-3-9(16(19)20)7-11(12)17(21)22/h1-7H,(H,15,18). The summed E-state index contributed by atoms with van der Waals surface area (Å²) in [6.45, 7) is 0. The van der Waals surface area contributed by atoms with E-state index in [0.717, 1.165) is 33.1 Å². The van der Waals surface area contributed by atoms with E-state index in [4.69, 9.17) is 15.4 Å². The Balaban J connectivity index is 2.11. The second kappa shape index (κ2) is 8.55. The van der Waals surface area contributed by atoms with Crippen molar-refractivity contribution in [1.82, 2.24) is 0 Å². The number of anilines is 1. The Hall–Kier alpha value is -2.50.